The van der Waals surface area contributed by atoms with Crippen LogP contribution in [0.4, 0.5) is 0 Å². The van der Waals surface area contributed by atoms with Gasteiger partial charge in [-0.25, -0.2) is 0 Å². The number of rotatable bonds is 0. The van der Waals surface area contributed by atoms with Crippen molar-refractivity contribution in [3.63, 3.8) is 0 Å². The Morgan fingerprint density at radius 2 is 2.44 bits per heavy atom. The first-order chi connectivity index (χ1) is 4.24. The summed E-state index contributed by atoms with van der Waals surface area (Å²) in [6.45, 7) is 5.29. The highest BCUT2D eigenvalue weighted by molar-refractivity contribution is 5.25. The van der Waals surface area contributed by atoms with Crippen molar-refractivity contribution >= 4 is 12.7 Å². The van der Waals surface area contributed by atoms with Gasteiger partial charge in [-0.2, -0.15) is 0 Å². The molecular weight excluding hydrogens is 116 g/mol. The number of aromatic hydroxyl groups is 1. The predicted molar refractivity (Wildman–Crippen MR) is 35.3 cm³/mol. The first kappa shape index (κ1) is 5.95. The smallest absolute Gasteiger partial charge is 0.164 e. The van der Waals surface area contributed by atoms with Crippen molar-refractivity contribution < 1.29 is 9.52 Å². The molecule has 0 aliphatic rings. The molecule has 0 saturated heterocycles. The van der Waals surface area contributed by atoms with Gasteiger partial charge in [0.05, 0.1) is 0 Å². The molecule has 1 aromatic rings. The van der Waals surface area contributed by atoms with Crippen molar-refractivity contribution in [2.24, 2.45) is 0 Å². The van der Waals surface area contributed by atoms with Gasteiger partial charge in [0.2, 0.25) is 0 Å². The van der Waals surface area contributed by atoms with Crippen molar-refractivity contribution in [3.8, 4) is 5.75 Å². The Morgan fingerprint density at radius 3 is 2.67 bits per heavy atom. The summed E-state index contributed by atoms with van der Waals surface area (Å²) in [5.74, 6) is 0.155. The minimum Gasteiger partial charge on any atom is -0.504 e. The van der Waals surface area contributed by atoms with Crippen LogP contribution in [-0.2, 0) is 0 Å². The lowest BCUT2D eigenvalue weighted by Gasteiger charge is -1.74. The molecule has 0 amide bonds. The first-order valence-corrected chi connectivity index (χ1v) is 2.68. The van der Waals surface area contributed by atoms with E-state index in [2.05, 4.69) is 6.58 Å². The first-order valence-electron chi connectivity index (χ1n) is 2.68. The Hall–Kier alpha value is -1.18. The fourth-order valence-electron chi connectivity index (χ4n) is 0.653. The molecule has 48 valence electrons. The van der Waals surface area contributed by atoms with Crippen LogP contribution in [0.5, 0.6) is 5.75 Å². The average molecular weight is 124 g/mol. The van der Waals surface area contributed by atoms with Gasteiger partial charge in [-0.1, -0.05) is 6.58 Å². The van der Waals surface area contributed by atoms with E-state index in [0.29, 0.717) is 10.8 Å². The summed E-state index contributed by atoms with van der Waals surface area (Å²) in [4.78, 5) is 0. The quantitative estimate of drug-likeness (QED) is 0.535. The second kappa shape index (κ2) is 1.97. The summed E-state index contributed by atoms with van der Waals surface area (Å²) in [5, 5.41) is 8.97. The monoisotopic (exact) mass is 124 g/mol. The van der Waals surface area contributed by atoms with Crippen molar-refractivity contribution in [1.29, 1.82) is 0 Å². The average Bonchev–Trinajstić information content (AvgIpc) is 2.10. The third kappa shape index (κ3) is 0.964. The lowest BCUT2D eigenvalue weighted by atomic mass is 10.5. The molecule has 1 N–H and O–H groups in total. The summed E-state index contributed by atoms with van der Waals surface area (Å²) in [6, 6.07) is 1.48. The molecule has 0 fully saturated rings. The molecule has 0 spiro atoms. The highest BCUT2D eigenvalue weighted by atomic mass is 16.4. The van der Waals surface area contributed by atoms with Crippen LogP contribution >= 0.6 is 0 Å². The zero-order chi connectivity index (χ0) is 6.85. The summed E-state index contributed by atoms with van der Waals surface area (Å²) >= 11 is 0. The molecule has 0 aliphatic carbocycles. The van der Waals surface area contributed by atoms with Crippen molar-refractivity contribution in [1.82, 2.24) is 0 Å². The molecule has 9 heavy (non-hydrogen) atoms. The molecule has 1 heterocycles. The summed E-state index contributed by atoms with van der Waals surface area (Å²) < 4.78 is 4.95. The van der Waals surface area contributed by atoms with Gasteiger partial charge in [-0.05, 0) is 13.0 Å². The maximum Gasteiger partial charge on any atom is 0.164 e. The second-order valence-electron chi connectivity index (χ2n) is 1.75. The lowest BCUT2D eigenvalue weighted by Crippen LogP contribution is -1.95. The minimum absolute atomic E-state index is 0.155. The van der Waals surface area contributed by atoms with E-state index in [-0.39, 0.29) is 5.75 Å². The van der Waals surface area contributed by atoms with Gasteiger partial charge in [0.15, 0.2) is 11.2 Å². The van der Waals surface area contributed by atoms with Crippen LogP contribution in [0.25, 0.3) is 12.7 Å². The van der Waals surface area contributed by atoms with Gasteiger partial charge in [-0.3, -0.25) is 0 Å². The van der Waals surface area contributed by atoms with E-state index < -0.39 is 0 Å². The maximum atomic E-state index is 8.97. The highest BCUT2D eigenvalue weighted by Gasteiger charge is 1.91. The normalized spacial score (nSPS) is 12.3. The molecule has 1 rings (SSSR count). The zero-order valence-corrected chi connectivity index (χ0v) is 5.22. The van der Waals surface area contributed by atoms with E-state index in [1.165, 1.54) is 6.07 Å². The van der Waals surface area contributed by atoms with Crippen LogP contribution in [0.1, 0.15) is 6.92 Å². The highest BCUT2D eigenvalue weighted by Crippen LogP contribution is 1.92. The zero-order valence-electron chi connectivity index (χ0n) is 5.22. The van der Waals surface area contributed by atoms with Crippen LogP contribution in [0.3, 0.4) is 0 Å². The van der Waals surface area contributed by atoms with Gasteiger partial charge in [0.25, 0.3) is 0 Å². The molecule has 0 bridgehead atoms. The van der Waals surface area contributed by atoms with Crippen molar-refractivity contribution in [2.45, 2.75) is 6.92 Å². The molecule has 0 saturated carbocycles. The Balaban J connectivity index is 3.51. The molecule has 0 unspecified atom stereocenters. The maximum absolute atomic E-state index is 8.97. The number of furan rings is 1. The fourth-order valence-corrected chi connectivity index (χ4v) is 0.653. The SMILES string of the molecule is C=c1cc(O)/c(=C\C)o1. The van der Waals surface area contributed by atoms with Gasteiger partial charge >= 0.3 is 0 Å². The van der Waals surface area contributed by atoms with Gasteiger partial charge in [0.1, 0.15) is 5.42 Å². The molecular formula is C7H8O2. The number of hydrogen-bond donors (Lipinski definition) is 1. The lowest BCUT2D eigenvalue weighted by molar-refractivity contribution is 0.435. The summed E-state index contributed by atoms with van der Waals surface area (Å²) in [7, 11) is 0. The van der Waals surface area contributed by atoms with E-state index in [1.54, 1.807) is 13.0 Å². The van der Waals surface area contributed by atoms with Crippen molar-refractivity contribution in [2.75, 3.05) is 0 Å². The van der Waals surface area contributed by atoms with Crippen molar-refractivity contribution in [3.05, 3.63) is 16.9 Å². The Kier molecular flexibility index (Phi) is 1.30. The predicted octanol–water partition coefficient (Wildman–Crippen LogP) is 0.196. The molecule has 1 aromatic heterocycles. The third-order valence-electron chi connectivity index (χ3n) is 1.05. The molecule has 2 nitrogen and oxygen atoms in total. The van der Waals surface area contributed by atoms with E-state index in [0.717, 1.165) is 0 Å². The topological polar surface area (TPSA) is 33.4 Å². The van der Waals surface area contributed by atoms with Gasteiger partial charge < -0.3 is 9.52 Å². The largest absolute Gasteiger partial charge is 0.504 e. The summed E-state index contributed by atoms with van der Waals surface area (Å²) in [6.07, 6.45) is 1.68. The van der Waals surface area contributed by atoms with Crippen LogP contribution in [-0.4, -0.2) is 5.11 Å². The van der Waals surface area contributed by atoms with Crippen LogP contribution in [0, 0.1) is 0 Å². The van der Waals surface area contributed by atoms with Gasteiger partial charge in [-0.15, -0.1) is 0 Å². The third-order valence-corrected chi connectivity index (χ3v) is 1.05. The molecule has 0 aromatic carbocycles. The minimum atomic E-state index is 0.155. The van der Waals surface area contributed by atoms with E-state index >= 15 is 0 Å². The summed E-state index contributed by atoms with van der Waals surface area (Å²) in [5.41, 5.74) is 0.973. The molecule has 0 atom stereocenters. The van der Waals surface area contributed by atoms with Crippen LogP contribution < -0.4 is 10.8 Å². The van der Waals surface area contributed by atoms with Crippen LogP contribution in [0.2, 0.25) is 0 Å². The number of hydrogen-bond acceptors (Lipinski definition) is 2. The fraction of sp³-hybridized carbons (Fsp3) is 0.143. The van der Waals surface area contributed by atoms with E-state index in [9.17, 15) is 0 Å². The van der Waals surface area contributed by atoms with Gasteiger partial charge in [0, 0.05) is 6.07 Å². The standard InChI is InChI=1S/C7H8O2/c1-3-7-6(8)4-5(2)9-7/h3-4,8H,2H2,1H3/b7-3+. The van der Waals surface area contributed by atoms with Crippen LogP contribution in [0.15, 0.2) is 10.5 Å². The molecule has 2 heteroatoms. The Labute approximate surface area is 52.7 Å². The molecule has 0 aliphatic heterocycles. The second-order valence-corrected chi connectivity index (χ2v) is 1.75. The van der Waals surface area contributed by atoms with E-state index in [1.807, 2.05) is 0 Å². The Morgan fingerprint density at radius 1 is 1.78 bits per heavy atom. The molecule has 0 radical (unpaired) electrons. The Bertz CT molecular complexity index is 295. The van der Waals surface area contributed by atoms with E-state index in [4.69, 9.17) is 9.52 Å².